The van der Waals surface area contributed by atoms with Crippen LogP contribution in [-0.2, 0) is 16.1 Å². The molecule has 1 fully saturated rings. The van der Waals surface area contributed by atoms with E-state index in [4.69, 9.17) is 4.74 Å². The predicted molar refractivity (Wildman–Crippen MR) is 94.4 cm³/mol. The normalized spacial score (nSPS) is 17.3. The molecule has 0 radical (unpaired) electrons. The lowest BCUT2D eigenvalue weighted by Gasteiger charge is -2.33. The monoisotopic (exact) mass is 342 g/mol. The molecule has 7 nitrogen and oxygen atoms in total. The summed E-state index contributed by atoms with van der Waals surface area (Å²) >= 11 is 0. The SMILES string of the molecule is CNc1cccc(C2CN(C(=O)CCn3ccccc3=O)CCO2)n1. The number of anilines is 1. The highest BCUT2D eigenvalue weighted by molar-refractivity contribution is 5.76. The molecular formula is C18H22N4O3. The van der Waals surface area contributed by atoms with Crippen LogP contribution in [0.2, 0.25) is 0 Å². The second kappa shape index (κ2) is 7.94. The van der Waals surface area contributed by atoms with Crippen LogP contribution in [0.3, 0.4) is 0 Å². The average Bonchev–Trinajstić information content (AvgIpc) is 2.67. The molecule has 1 aliphatic rings. The number of ether oxygens (including phenoxy) is 1. The number of rotatable bonds is 5. The Morgan fingerprint density at radius 3 is 3.00 bits per heavy atom. The summed E-state index contributed by atoms with van der Waals surface area (Å²) in [4.78, 5) is 30.5. The zero-order valence-electron chi connectivity index (χ0n) is 14.2. The summed E-state index contributed by atoms with van der Waals surface area (Å²) in [6.45, 7) is 1.90. The Bertz CT molecular complexity index is 790. The molecule has 2 aromatic heterocycles. The minimum absolute atomic E-state index is 0.0221. The molecule has 0 aliphatic carbocycles. The molecule has 1 saturated heterocycles. The van der Waals surface area contributed by atoms with Gasteiger partial charge in [-0.05, 0) is 18.2 Å². The number of amides is 1. The largest absolute Gasteiger partial charge is 0.373 e. The molecule has 7 heteroatoms. The lowest BCUT2D eigenvalue weighted by Crippen LogP contribution is -2.43. The molecule has 25 heavy (non-hydrogen) atoms. The van der Waals surface area contributed by atoms with Gasteiger partial charge in [0.1, 0.15) is 11.9 Å². The minimum Gasteiger partial charge on any atom is -0.373 e. The second-order valence-corrected chi connectivity index (χ2v) is 5.88. The highest BCUT2D eigenvalue weighted by Gasteiger charge is 2.26. The summed E-state index contributed by atoms with van der Waals surface area (Å²) in [5.41, 5.74) is 0.715. The van der Waals surface area contributed by atoms with E-state index in [1.807, 2.05) is 25.2 Å². The van der Waals surface area contributed by atoms with Crippen LogP contribution in [-0.4, -0.2) is 47.1 Å². The van der Waals surface area contributed by atoms with E-state index < -0.39 is 0 Å². The molecule has 1 amide bonds. The zero-order chi connectivity index (χ0) is 17.6. The zero-order valence-corrected chi connectivity index (χ0v) is 14.2. The average molecular weight is 342 g/mol. The van der Waals surface area contributed by atoms with Gasteiger partial charge in [0.05, 0.1) is 18.8 Å². The summed E-state index contributed by atoms with van der Waals surface area (Å²) in [5, 5.41) is 3.00. The summed E-state index contributed by atoms with van der Waals surface area (Å²) in [6.07, 6.45) is 1.76. The molecule has 3 heterocycles. The number of pyridine rings is 2. The fourth-order valence-electron chi connectivity index (χ4n) is 2.84. The van der Waals surface area contributed by atoms with E-state index in [2.05, 4.69) is 10.3 Å². The first kappa shape index (κ1) is 17.2. The van der Waals surface area contributed by atoms with Crippen molar-refractivity contribution in [2.45, 2.75) is 19.1 Å². The van der Waals surface area contributed by atoms with Crippen LogP contribution >= 0.6 is 0 Å². The third kappa shape index (κ3) is 4.24. The Labute approximate surface area is 146 Å². The van der Waals surface area contributed by atoms with Gasteiger partial charge in [0.15, 0.2) is 0 Å². The lowest BCUT2D eigenvalue weighted by atomic mass is 10.1. The van der Waals surface area contributed by atoms with Crippen molar-refractivity contribution in [2.24, 2.45) is 0 Å². The van der Waals surface area contributed by atoms with Gasteiger partial charge in [0, 0.05) is 38.8 Å². The maximum atomic E-state index is 12.5. The van der Waals surface area contributed by atoms with Crippen molar-refractivity contribution in [3.8, 4) is 0 Å². The smallest absolute Gasteiger partial charge is 0.250 e. The number of carbonyl (C=O) groups excluding carboxylic acids is 1. The number of aryl methyl sites for hydroxylation is 1. The minimum atomic E-state index is -0.231. The first-order valence-electron chi connectivity index (χ1n) is 8.37. The van der Waals surface area contributed by atoms with Crippen molar-refractivity contribution in [1.29, 1.82) is 0 Å². The van der Waals surface area contributed by atoms with E-state index in [-0.39, 0.29) is 17.6 Å². The number of hydrogen-bond donors (Lipinski definition) is 1. The van der Waals surface area contributed by atoms with E-state index in [1.54, 1.807) is 27.8 Å². The summed E-state index contributed by atoms with van der Waals surface area (Å²) in [7, 11) is 1.81. The van der Waals surface area contributed by atoms with Crippen molar-refractivity contribution in [3.05, 3.63) is 58.6 Å². The van der Waals surface area contributed by atoms with Crippen molar-refractivity contribution < 1.29 is 9.53 Å². The van der Waals surface area contributed by atoms with Crippen molar-refractivity contribution in [2.75, 3.05) is 32.1 Å². The first-order valence-corrected chi connectivity index (χ1v) is 8.37. The fourth-order valence-corrected chi connectivity index (χ4v) is 2.84. The van der Waals surface area contributed by atoms with E-state index in [9.17, 15) is 9.59 Å². The Balaban J connectivity index is 1.61. The van der Waals surface area contributed by atoms with Crippen LogP contribution < -0.4 is 10.9 Å². The molecule has 0 aromatic carbocycles. The van der Waals surface area contributed by atoms with Gasteiger partial charge in [-0.2, -0.15) is 0 Å². The van der Waals surface area contributed by atoms with Crippen molar-refractivity contribution >= 4 is 11.7 Å². The first-order chi connectivity index (χ1) is 12.2. The van der Waals surface area contributed by atoms with E-state index >= 15 is 0 Å². The van der Waals surface area contributed by atoms with E-state index in [1.165, 1.54) is 6.07 Å². The van der Waals surface area contributed by atoms with Gasteiger partial charge in [-0.15, -0.1) is 0 Å². The second-order valence-electron chi connectivity index (χ2n) is 5.88. The third-order valence-electron chi connectivity index (χ3n) is 4.24. The number of carbonyl (C=O) groups is 1. The standard InChI is InChI=1S/C18H22N4O3/c1-19-16-6-4-5-14(20-16)15-13-22(11-12-25-15)18(24)8-10-21-9-3-2-7-17(21)23/h2-7,9,15H,8,10-13H2,1H3,(H,19,20). The Kier molecular flexibility index (Phi) is 5.45. The molecular weight excluding hydrogens is 320 g/mol. The van der Waals surface area contributed by atoms with Gasteiger partial charge in [-0.1, -0.05) is 12.1 Å². The summed E-state index contributed by atoms with van der Waals surface area (Å²) in [6, 6.07) is 10.7. The van der Waals surface area contributed by atoms with Crippen LogP contribution in [0, 0.1) is 0 Å². The maximum absolute atomic E-state index is 12.5. The molecule has 132 valence electrons. The third-order valence-corrected chi connectivity index (χ3v) is 4.24. The Morgan fingerprint density at radius 1 is 1.32 bits per heavy atom. The molecule has 1 N–H and O–H groups in total. The van der Waals surface area contributed by atoms with Crippen molar-refractivity contribution in [3.63, 3.8) is 0 Å². The molecule has 0 spiro atoms. The number of hydrogen-bond acceptors (Lipinski definition) is 5. The van der Waals surface area contributed by atoms with E-state index in [0.29, 0.717) is 32.7 Å². The van der Waals surface area contributed by atoms with Gasteiger partial charge in [0.2, 0.25) is 5.91 Å². The van der Waals surface area contributed by atoms with Crippen LogP contribution in [0.1, 0.15) is 18.2 Å². The number of nitrogens with zero attached hydrogens (tertiary/aromatic N) is 3. The van der Waals surface area contributed by atoms with Crippen LogP contribution in [0.25, 0.3) is 0 Å². The molecule has 2 aromatic rings. The van der Waals surface area contributed by atoms with Gasteiger partial charge in [-0.3, -0.25) is 9.59 Å². The van der Waals surface area contributed by atoms with Gasteiger partial charge in [-0.25, -0.2) is 4.98 Å². The van der Waals surface area contributed by atoms with Gasteiger partial charge < -0.3 is 19.5 Å². The quantitative estimate of drug-likeness (QED) is 0.886. The van der Waals surface area contributed by atoms with Crippen LogP contribution in [0.5, 0.6) is 0 Å². The molecule has 1 unspecified atom stereocenters. The van der Waals surface area contributed by atoms with Crippen LogP contribution in [0.4, 0.5) is 5.82 Å². The predicted octanol–water partition coefficient (Wildman–Crippen LogP) is 1.28. The van der Waals surface area contributed by atoms with Crippen LogP contribution in [0.15, 0.2) is 47.4 Å². The molecule has 1 aliphatic heterocycles. The number of aromatic nitrogens is 2. The van der Waals surface area contributed by atoms with E-state index in [0.717, 1.165) is 11.5 Å². The van der Waals surface area contributed by atoms with Gasteiger partial charge in [0.25, 0.3) is 5.56 Å². The van der Waals surface area contributed by atoms with Gasteiger partial charge >= 0.3 is 0 Å². The molecule has 1 atom stereocenters. The molecule has 3 rings (SSSR count). The maximum Gasteiger partial charge on any atom is 0.250 e. The Hall–Kier alpha value is -2.67. The highest BCUT2D eigenvalue weighted by atomic mass is 16.5. The number of nitrogens with one attached hydrogen (secondary N) is 1. The highest BCUT2D eigenvalue weighted by Crippen LogP contribution is 2.22. The Morgan fingerprint density at radius 2 is 2.20 bits per heavy atom. The summed E-state index contributed by atoms with van der Waals surface area (Å²) in [5.74, 6) is 0.793. The fraction of sp³-hybridized carbons (Fsp3) is 0.389. The molecule has 0 saturated carbocycles. The summed E-state index contributed by atoms with van der Waals surface area (Å²) < 4.78 is 7.34. The number of morpholine rings is 1. The molecule has 0 bridgehead atoms. The lowest BCUT2D eigenvalue weighted by molar-refractivity contribution is -0.139. The topological polar surface area (TPSA) is 76.5 Å². The van der Waals surface area contributed by atoms with Crippen molar-refractivity contribution in [1.82, 2.24) is 14.5 Å².